The Morgan fingerprint density at radius 2 is 2.29 bits per heavy atom. The molecular formula is C13H21N. The molecule has 0 aromatic rings. The van der Waals surface area contributed by atoms with Crippen LogP contribution in [0, 0.1) is 5.92 Å². The third-order valence-corrected chi connectivity index (χ3v) is 2.96. The first-order valence-corrected chi connectivity index (χ1v) is 5.38. The van der Waals surface area contributed by atoms with Gasteiger partial charge in [-0.05, 0) is 43.8 Å². The molecule has 1 aliphatic carbocycles. The molecule has 1 heteroatoms. The fraction of sp³-hybridized carbons (Fsp3) is 0.538. The maximum Gasteiger partial charge on any atom is 0.0369 e. The summed E-state index contributed by atoms with van der Waals surface area (Å²) in [5, 5.41) is 3.26. The van der Waals surface area contributed by atoms with E-state index in [0.29, 0.717) is 0 Å². The van der Waals surface area contributed by atoms with Gasteiger partial charge >= 0.3 is 0 Å². The number of rotatable bonds is 3. The van der Waals surface area contributed by atoms with E-state index in [4.69, 9.17) is 0 Å². The van der Waals surface area contributed by atoms with E-state index in [9.17, 15) is 0 Å². The predicted octanol–water partition coefficient (Wildman–Crippen LogP) is 3.41. The molecule has 0 saturated heterocycles. The SMILES string of the molecule is C=C/C=C(/NC)C1=C(C)CCC(C)C1. The van der Waals surface area contributed by atoms with Gasteiger partial charge in [0.15, 0.2) is 0 Å². The topological polar surface area (TPSA) is 12.0 Å². The predicted molar refractivity (Wildman–Crippen MR) is 63.1 cm³/mol. The van der Waals surface area contributed by atoms with E-state index in [1.165, 1.54) is 36.1 Å². The first-order valence-electron chi connectivity index (χ1n) is 5.38. The van der Waals surface area contributed by atoms with Crippen LogP contribution in [0.3, 0.4) is 0 Å². The van der Waals surface area contributed by atoms with E-state index < -0.39 is 0 Å². The smallest absolute Gasteiger partial charge is 0.0369 e. The van der Waals surface area contributed by atoms with Gasteiger partial charge in [0.1, 0.15) is 0 Å². The molecule has 1 nitrogen and oxygen atoms in total. The Morgan fingerprint density at radius 3 is 2.86 bits per heavy atom. The second kappa shape index (κ2) is 5.04. The van der Waals surface area contributed by atoms with Gasteiger partial charge in [-0.15, -0.1) is 0 Å². The summed E-state index contributed by atoms with van der Waals surface area (Å²) in [7, 11) is 1.98. The highest BCUT2D eigenvalue weighted by Crippen LogP contribution is 2.32. The fourth-order valence-electron chi connectivity index (χ4n) is 2.03. The lowest BCUT2D eigenvalue weighted by Crippen LogP contribution is -2.15. The van der Waals surface area contributed by atoms with Crippen LogP contribution in [-0.4, -0.2) is 7.05 Å². The second-order valence-corrected chi connectivity index (χ2v) is 4.17. The first-order chi connectivity index (χ1) is 6.69. The van der Waals surface area contributed by atoms with Crippen LogP contribution in [0.1, 0.15) is 33.1 Å². The second-order valence-electron chi connectivity index (χ2n) is 4.17. The minimum atomic E-state index is 0.815. The average Bonchev–Trinajstić information content (AvgIpc) is 2.18. The van der Waals surface area contributed by atoms with Crippen LogP contribution in [0.15, 0.2) is 35.6 Å². The summed E-state index contributed by atoms with van der Waals surface area (Å²) in [6, 6.07) is 0. The maximum absolute atomic E-state index is 3.75. The van der Waals surface area contributed by atoms with Crippen LogP contribution < -0.4 is 5.32 Å². The van der Waals surface area contributed by atoms with Crippen molar-refractivity contribution < 1.29 is 0 Å². The summed E-state index contributed by atoms with van der Waals surface area (Å²) in [6.45, 7) is 8.32. The normalized spacial score (nSPS) is 23.6. The maximum atomic E-state index is 3.75. The number of hydrogen-bond acceptors (Lipinski definition) is 1. The molecule has 14 heavy (non-hydrogen) atoms. The lowest BCUT2D eigenvalue weighted by atomic mass is 9.84. The van der Waals surface area contributed by atoms with Crippen molar-refractivity contribution in [1.82, 2.24) is 5.32 Å². The van der Waals surface area contributed by atoms with E-state index in [1.807, 2.05) is 13.1 Å². The summed E-state index contributed by atoms with van der Waals surface area (Å²) in [6.07, 6.45) is 7.70. The number of hydrogen-bond donors (Lipinski definition) is 1. The van der Waals surface area contributed by atoms with E-state index in [2.05, 4.69) is 31.8 Å². The average molecular weight is 191 g/mol. The molecule has 1 rings (SSSR count). The molecule has 0 aliphatic heterocycles. The Hall–Kier alpha value is -0.980. The molecule has 0 bridgehead atoms. The minimum Gasteiger partial charge on any atom is -0.388 e. The number of likely N-dealkylation sites (N-methyl/N-ethyl adjacent to an activating group) is 1. The lowest BCUT2D eigenvalue weighted by molar-refractivity contribution is 0.496. The number of allylic oxidation sites excluding steroid dienone is 4. The van der Waals surface area contributed by atoms with E-state index in [1.54, 1.807) is 0 Å². The largest absolute Gasteiger partial charge is 0.388 e. The molecule has 0 radical (unpaired) electrons. The van der Waals surface area contributed by atoms with Gasteiger partial charge in [0.2, 0.25) is 0 Å². The molecule has 0 aromatic heterocycles. The van der Waals surface area contributed by atoms with Gasteiger partial charge in [0.05, 0.1) is 0 Å². The molecule has 1 atom stereocenters. The van der Waals surface area contributed by atoms with Crippen molar-refractivity contribution in [3.05, 3.63) is 35.6 Å². The van der Waals surface area contributed by atoms with E-state index in [-0.39, 0.29) is 0 Å². The van der Waals surface area contributed by atoms with Crippen molar-refractivity contribution in [1.29, 1.82) is 0 Å². The summed E-state index contributed by atoms with van der Waals surface area (Å²) < 4.78 is 0. The van der Waals surface area contributed by atoms with Crippen molar-refractivity contribution in [2.45, 2.75) is 33.1 Å². The Kier molecular flexibility index (Phi) is 3.99. The van der Waals surface area contributed by atoms with E-state index in [0.717, 1.165) is 5.92 Å². The van der Waals surface area contributed by atoms with Crippen LogP contribution in [0.5, 0.6) is 0 Å². The molecule has 0 amide bonds. The molecular weight excluding hydrogens is 170 g/mol. The Morgan fingerprint density at radius 1 is 1.57 bits per heavy atom. The fourth-order valence-corrected chi connectivity index (χ4v) is 2.03. The molecule has 0 saturated carbocycles. The van der Waals surface area contributed by atoms with Crippen LogP contribution in [0.4, 0.5) is 0 Å². The standard InChI is InChI=1S/C13H21N/c1-5-6-13(14-4)12-9-10(2)7-8-11(12)3/h5-6,10,14H,1,7-9H2,2-4H3/b13-6+. The van der Waals surface area contributed by atoms with Crippen LogP contribution >= 0.6 is 0 Å². The molecule has 0 fully saturated rings. The monoisotopic (exact) mass is 191 g/mol. The zero-order valence-corrected chi connectivity index (χ0v) is 9.56. The van der Waals surface area contributed by atoms with Crippen molar-refractivity contribution in [3.63, 3.8) is 0 Å². The van der Waals surface area contributed by atoms with Crippen LogP contribution in [-0.2, 0) is 0 Å². The molecule has 1 aliphatic rings. The van der Waals surface area contributed by atoms with Crippen molar-refractivity contribution in [3.8, 4) is 0 Å². The Balaban J connectivity index is 2.92. The lowest BCUT2D eigenvalue weighted by Gasteiger charge is -2.24. The third kappa shape index (κ3) is 2.50. The highest BCUT2D eigenvalue weighted by molar-refractivity contribution is 5.36. The first kappa shape index (κ1) is 11.1. The quantitative estimate of drug-likeness (QED) is 0.674. The zero-order valence-electron chi connectivity index (χ0n) is 9.56. The van der Waals surface area contributed by atoms with Gasteiger partial charge in [0, 0.05) is 12.7 Å². The van der Waals surface area contributed by atoms with Crippen LogP contribution in [0.2, 0.25) is 0 Å². The molecule has 0 heterocycles. The zero-order chi connectivity index (χ0) is 10.6. The summed E-state index contributed by atoms with van der Waals surface area (Å²) in [4.78, 5) is 0. The summed E-state index contributed by atoms with van der Waals surface area (Å²) in [5.41, 5.74) is 4.26. The van der Waals surface area contributed by atoms with Crippen molar-refractivity contribution >= 4 is 0 Å². The summed E-state index contributed by atoms with van der Waals surface area (Å²) in [5.74, 6) is 0.815. The highest BCUT2D eigenvalue weighted by atomic mass is 14.8. The highest BCUT2D eigenvalue weighted by Gasteiger charge is 2.17. The molecule has 78 valence electrons. The van der Waals surface area contributed by atoms with Gasteiger partial charge in [-0.2, -0.15) is 0 Å². The molecule has 0 spiro atoms. The van der Waals surface area contributed by atoms with Gasteiger partial charge in [-0.1, -0.05) is 25.2 Å². The van der Waals surface area contributed by atoms with Crippen LogP contribution in [0.25, 0.3) is 0 Å². The molecule has 1 N–H and O–H groups in total. The van der Waals surface area contributed by atoms with Gasteiger partial charge in [-0.25, -0.2) is 0 Å². The van der Waals surface area contributed by atoms with Crippen molar-refractivity contribution in [2.24, 2.45) is 5.92 Å². The Labute approximate surface area is 87.6 Å². The number of nitrogens with one attached hydrogen (secondary N) is 1. The minimum absolute atomic E-state index is 0.815. The van der Waals surface area contributed by atoms with E-state index >= 15 is 0 Å². The Bertz CT molecular complexity index is 271. The summed E-state index contributed by atoms with van der Waals surface area (Å²) >= 11 is 0. The van der Waals surface area contributed by atoms with Gasteiger partial charge in [-0.3, -0.25) is 0 Å². The van der Waals surface area contributed by atoms with Gasteiger partial charge < -0.3 is 5.32 Å². The molecule has 0 aromatic carbocycles. The van der Waals surface area contributed by atoms with Gasteiger partial charge in [0.25, 0.3) is 0 Å². The molecule has 1 unspecified atom stereocenters. The van der Waals surface area contributed by atoms with Crippen molar-refractivity contribution in [2.75, 3.05) is 7.05 Å². The third-order valence-electron chi connectivity index (χ3n) is 2.96.